The Hall–Kier alpha value is -2.00. The smallest absolute Gasteiger partial charge is 0.291 e. The van der Waals surface area contributed by atoms with Crippen molar-refractivity contribution in [2.75, 3.05) is 52.6 Å². The molecule has 0 aromatic carbocycles. The number of carbonyl (C=O) groups excluding carboxylic acids is 2. The summed E-state index contributed by atoms with van der Waals surface area (Å²) in [6.07, 6.45) is 5.31. The highest BCUT2D eigenvalue weighted by Gasteiger charge is 2.56. The molecule has 0 radical (unpaired) electrons. The lowest BCUT2D eigenvalue weighted by Gasteiger charge is -2.55. The molecule has 1 N–H and O–H groups in total. The molecule has 1 atom stereocenters. The second kappa shape index (κ2) is 6.81. The summed E-state index contributed by atoms with van der Waals surface area (Å²) in [6.45, 7) is 5.53. The van der Waals surface area contributed by atoms with Crippen LogP contribution >= 0.6 is 0 Å². The number of nitrogens with zero attached hydrogens (tertiary/aromatic N) is 4. The van der Waals surface area contributed by atoms with Gasteiger partial charge in [-0.15, -0.1) is 0 Å². The standard InChI is InChI=1S/C19H27N5O4/c25-16(23-5-1-18(10-23)2-6-27-7-3-18)14-9-28-8-4-19(14)11-24(12-19)17(26)15-20-13-21-22-15/h13-14H,1-12H2,(H,20,21,22)/t14-/m0/s1. The van der Waals surface area contributed by atoms with Gasteiger partial charge in [-0.05, 0) is 31.1 Å². The summed E-state index contributed by atoms with van der Waals surface area (Å²) in [4.78, 5) is 33.7. The Bertz CT molecular complexity index is 740. The first-order valence-corrected chi connectivity index (χ1v) is 10.2. The van der Waals surface area contributed by atoms with Crippen molar-refractivity contribution < 1.29 is 19.1 Å². The van der Waals surface area contributed by atoms with E-state index in [1.54, 1.807) is 4.90 Å². The van der Waals surface area contributed by atoms with E-state index in [2.05, 4.69) is 15.2 Å². The summed E-state index contributed by atoms with van der Waals surface area (Å²) in [5, 5.41) is 6.38. The van der Waals surface area contributed by atoms with E-state index in [0.29, 0.717) is 26.3 Å². The van der Waals surface area contributed by atoms with Crippen molar-refractivity contribution in [2.45, 2.75) is 25.7 Å². The summed E-state index contributed by atoms with van der Waals surface area (Å²) in [7, 11) is 0. The average molecular weight is 389 g/mol. The topological polar surface area (TPSA) is 101 Å². The number of H-pyrrole nitrogens is 1. The van der Waals surface area contributed by atoms with Crippen LogP contribution in [0.3, 0.4) is 0 Å². The van der Waals surface area contributed by atoms with Gasteiger partial charge in [0.1, 0.15) is 6.33 Å². The number of ether oxygens (including phenoxy) is 2. The van der Waals surface area contributed by atoms with Crippen LogP contribution in [0.5, 0.6) is 0 Å². The molecule has 0 aliphatic carbocycles. The summed E-state index contributed by atoms with van der Waals surface area (Å²) >= 11 is 0. The Labute approximate surface area is 163 Å². The number of nitrogens with one attached hydrogen (secondary N) is 1. The van der Waals surface area contributed by atoms with Gasteiger partial charge in [-0.2, -0.15) is 5.10 Å². The van der Waals surface area contributed by atoms with E-state index >= 15 is 0 Å². The van der Waals surface area contributed by atoms with E-state index in [0.717, 1.165) is 52.0 Å². The quantitative estimate of drug-likeness (QED) is 0.782. The van der Waals surface area contributed by atoms with Crippen molar-refractivity contribution in [3.63, 3.8) is 0 Å². The van der Waals surface area contributed by atoms with E-state index in [4.69, 9.17) is 9.47 Å². The average Bonchev–Trinajstić information content (AvgIpc) is 3.36. The van der Waals surface area contributed by atoms with Gasteiger partial charge in [0.15, 0.2) is 0 Å². The second-order valence-electron chi connectivity index (χ2n) is 8.86. The molecular weight excluding hydrogens is 362 g/mol. The number of hydrogen-bond donors (Lipinski definition) is 1. The largest absolute Gasteiger partial charge is 0.381 e. The Kier molecular flexibility index (Phi) is 4.39. The molecule has 2 spiro atoms. The zero-order chi connectivity index (χ0) is 19.2. The first-order valence-electron chi connectivity index (χ1n) is 10.2. The molecule has 4 aliphatic heterocycles. The van der Waals surface area contributed by atoms with Crippen molar-refractivity contribution in [1.29, 1.82) is 0 Å². The molecule has 0 unspecified atom stereocenters. The summed E-state index contributed by atoms with van der Waals surface area (Å²) in [5.41, 5.74) is 0.0704. The third kappa shape index (κ3) is 2.91. The second-order valence-corrected chi connectivity index (χ2v) is 8.86. The van der Waals surface area contributed by atoms with E-state index in [1.165, 1.54) is 6.33 Å². The zero-order valence-corrected chi connectivity index (χ0v) is 16.1. The lowest BCUT2D eigenvalue weighted by atomic mass is 9.65. The van der Waals surface area contributed by atoms with Gasteiger partial charge in [0, 0.05) is 51.4 Å². The van der Waals surface area contributed by atoms with Crippen LogP contribution in [0.15, 0.2) is 6.33 Å². The number of aromatic amines is 1. The van der Waals surface area contributed by atoms with Crippen molar-refractivity contribution >= 4 is 11.8 Å². The van der Waals surface area contributed by atoms with E-state index < -0.39 is 0 Å². The highest BCUT2D eigenvalue weighted by molar-refractivity contribution is 5.91. The Morgan fingerprint density at radius 1 is 1.04 bits per heavy atom. The maximum atomic E-state index is 13.4. The highest BCUT2D eigenvalue weighted by atomic mass is 16.5. The summed E-state index contributed by atoms with van der Waals surface area (Å²) < 4.78 is 11.2. The molecule has 1 aromatic rings. The molecule has 5 heterocycles. The number of amides is 2. The first kappa shape index (κ1) is 18.1. The van der Waals surface area contributed by atoms with Gasteiger partial charge in [0.2, 0.25) is 11.7 Å². The predicted molar refractivity (Wildman–Crippen MR) is 97.3 cm³/mol. The minimum atomic E-state index is -0.171. The van der Waals surface area contributed by atoms with Gasteiger partial charge in [-0.1, -0.05) is 0 Å². The molecule has 0 saturated carbocycles. The maximum Gasteiger partial charge on any atom is 0.291 e. The van der Waals surface area contributed by atoms with E-state index in [9.17, 15) is 9.59 Å². The van der Waals surface area contributed by atoms with Crippen molar-refractivity contribution in [2.24, 2.45) is 16.7 Å². The lowest BCUT2D eigenvalue weighted by molar-refractivity contribution is -0.162. The van der Waals surface area contributed by atoms with E-state index in [1.807, 2.05) is 4.90 Å². The molecule has 4 saturated heterocycles. The monoisotopic (exact) mass is 389 g/mol. The third-order valence-corrected chi connectivity index (χ3v) is 7.29. The number of aromatic nitrogens is 3. The van der Waals surface area contributed by atoms with Gasteiger partial charge < -0.3 is 19.3 Å². The lowest BCUT2D eigenvalue weighted by Crippen LogP contribution is -2.66. The molecule has 1 aromatic heterocycles. The number of likely N-dealkylation sites (tertiary alicyclic amines) is 2. The molecule has 2 amide bonds. The summed E-state index contributed by atoms with van der Waals surface area (Å²) in [5.74, 6) is 0.138. The van der Waals surface area contributed by atoms with Crippen LogP contribution in [-0.4, -0.2) is 89.4 Å². The minimum Gasteiger partial charge on any atom is -0.381 e. The Balaban J connectivity index is 1.26. The van der Waals surface area contributed by atoms with Crippen LogP contribution in [0.2, 0.25) is 0 Å². The number of hydrogen-bond acceptors (Lipinski definition) is 6. The van der Waals surface area contributed by atoms with Crippen LogP contribution in [-0.2, 0) is 14.3 Å². The summed E-state index contributed by atoms with van der Waals surface area (Å²) in [6, 6.07) is 0. The van der Waals surface area contributed by atoms with Crippen molar-refractivity contribution in [3.05, 3.63) is 12.2 Å². The molecule has 4 fully saturated rings. The van der Waals surface area contributed by atoms with Gasteiger partial charge in [0.25, 0.3) is 5.91 Å². The van der Waals surface area contributed by atoms with Crippen LogP contribution < -0.4 is 0 Å². The van der Waals surface area contributed by atoms with Gasteiger partial charge >= 0.3 is 0 Å². The molecule has 0 bridgehead atoms. The zero-order valence-electron chi connectivity index (χ0n) is 16.1. The fraction of sp³-hybridized carbons (Fsp3) is 0.789. The fourth-order valence-corrected chi connectivity index (χ4v) is 5.41. The normalized spacial score (nSPS) is 28.5. The molecule has 5 rings (SSSR count). The van der Waals surface area contributed by atoms with Crippen molar-refractivity contribution in [1.82, 2.24) is 25.0 Å². The molecule has 9 heteroatoms. The van der Waals surface area contributed by atoms with Crippen LogP contribution in [0.1, 0.15) is 36.3 Å². The highest BCUT2D eigenvalue weighted by Crippen LogP contribution is 2.47. The fourth-order valence-electron chi connectivity index (χ4n) is 5.41. The van der Waals surface area contributed by atoms with Gasteiger partial charge in [0.05, 0.1) is 12.5 Å². The molecule has 152 valence electrons. The third-order valence-electron chi connectivity index (χ3n) is 7.29. The van der Waals surface area contributed by atoms with E-state index in [-0.39, 0.29) is 34.4 Å². The Morgan fingerprint density at radius 2 is 1.82 bits per heavy atom. The van der Waals surface area contributed by atoms with Gasteiger partial charge in [-0.3, -0.25) is 14.7 Å². The number of carbonyl (C=O) groups is 2. The molecule has 4 aliphatic rings. The Morgan fingerprint density at radius 3 is 2.57 bits per heavy atom. The van der Waals surface area contributed by atoms with Gasteiger partial charge in [-0.25, -0.2) is 4.98 Å². The van der Waals surface area contributed by atoms with Crippen LogP contribution in [0, 0.1) is 16.7 Å². The molecule has 9 nitrogen and oxygen atoms in total. The molecular formula is C19H27N5O4. The van der Waals surface area contributed by atoms with Crippen LogP contribution in [0.25, 0.3) is 0 Å². The minimum absolute atomic E-state index is 0.150. The number of rotatable bonds is 2. The van der Waals surface area contributed by atoms with Crippen molar-refractivity contribution in [3.8, 4) is 0 Å². The predicted octanol–water partition coefficient (Wildman–Crippen LogP) is 0.313. The molecule has 28 heavy (non-hydrogen) atoms. The SMILES string of the molecule is O=C(c1ncn[nH]1)N1CC2(CCOC[C@H]2C(=O)N2CCC3(CCOCC3)C2)C1. The maximum absolute atomic E-state index is 13.4. The van der Waals surface area contributed by atoms with Crippen LogP contribution in [0.4, 0.5) is 0 Å². The first-order chi connectivity index (χ1) is 13.6.